The highest BCUT2D eigenvalue weighted by Gasteiger charge is 1.98. The van der Waals surface area contributed by atoms with Crippen molar-refractivity contribution in [3.05, 3.63) is 24.3 Å². The van der Waals surface area contributed by atoms with Crippen LogP contribution >= 0.6 is 0 Å². The van der Waals surface area contributed by atoms with Crippen molar-refractivity contribution < 1.29 is 30.0 Å². The molecule has 0 aromatic carbocycles. The Bertz CT molecular complexity index is 455. The van der Waals surface area contributed by atoms with E-state index >= 15 is 0 Å². The largest absolute Gasteiger partial charge is 0.477 e. The summed E-state index contributed by atoms with van der Waals surface area (Å²) < 4.78 is 0. The summed E-state index contributed by atoms with van der Waals surface area (Å²) >= 11 is 0. The first-order valence-corrected chi connectivity index (χ1v) is 4.60. The molecule has 0 amide bonds. The Morgan fingerprint density at radius 2 is 1.10 bits per heavy atom. The van der Waals surface area contributed by atoms with Crippen LogP contribution in [0.5, 0.6) is 0 Å². The van der Waals surface area contributed by atoms with Gasteiger partial charge in [0.05, 0.1) is 0 Å². The average molecular weight is 280 g/mol. The first-order valence-electron chi connectivity index (χ1n) is 4.60. The van der Waals surface area contributed by atoms with Crippen molar-refractivity contribution in [2.45, 2.75) is 0 Å². The van der Waals surface area contributed by atoms with E-state index in [1.54, 1.807) is 0 Å². The molecule has 0 heterocycles. The van der Waals surface area contributed by atoms with Crippen LogP contribution in [0.4, 0.5) is 0 Å². The van der Waals surface area contributed by atoms with Crippen LogP contribution in [0, 0.1) is 34.5 Å². The van der Waals surface area contributed by atoms with Crippen molar-refractivity contribution in [2.24, 2.45) is 0 Å². The average Bonchev–Trinajstić information content (AvgIpc) is 2.44. The Hall–Kier alpha value is -3.12. The van der Waals surface area contributed by atoms with E-state index in [4.69, 9.17) is 30.9 Å². The lowest BCUT2D eigenvalue weighted by molar-refractivity contribution is -0.133. The molecule has 0 radical (unpaired) electrons. The van der Waals surface area contributed by atoms with Crippen molar-refractivity contribution in [1.82, 2.24) is 0 Å². The number of aliphatic hydroxyl groups excluding tert-OH is 2. The number of aliphatic carboxylic acids is 2. The summed E-state index contributed by atoms with van der Waals surface area (Å²) in [6, 6.07) is 2.74. The summed E-state index contributed by atoms with van der Waals surface area (Å²) in [6.45, 7) is 5.49. The summed E-state index contributed by atoms with van der Waals surface area (Å²) in [6.07, 6.45) is 0. The van der Waals surface area contributed by atoms with Gasteiger partial charge in [0.25, 0.3) is 0 Å². The third kappa shape index (κ3) is 20.3. The Balaban J connectivity index is -0.000000218. The van der Waals surface area contributed by atoms with Crippen LogP contribution in [0.1, 0.15) is 0 Å². The van der Waals surface area contributed by atoms with Crippen LogP contribution in [-0.4, -0.2) is 45.6 Å². The van der Waals surface area contributed by atoms with E-state index in [0.29, 0.717) is 0 Å². The van der Waals surface area contributed by atoms with Crippen LogP contribution < -0.4 is 0 Å². The number of hydrogen-bond donors (Lipinski definition) is 4. The third-order valence-electron chi connectivity index (χ3n) is 1.07. The Labute approximate surface area is 115 Å². The Kier molecular flexibility index (Phi) is 17.5. The second-order valence-electron chi connectivity index (χ2n) is 2.46. The molecule has 0 saturated carbocycles. The number of hydrogen-bond acceptors (Lipinski definition) is 6. The molecule has 0 aromatic heterocycles. The van der Waals surface area contributed by atoms with Gasteiger partial charge in [-0.05, 0) is 0 Å². The highest BCUT2D eigenvalue weighted by Crippen LogP contribution is 1.82. The molecule has 0 saturated heterocycles. The molecular weight excluding hydrogens is 268 g/mol. The monoisotopic (exact) mass is 280 g/mol. The van der Waals surface area contributed by atoms with Gasteiger partial charge in [-0.1, -0.05) is 25.0 Å². The fourth-order valence-electron chi connectivity index (χ4n) is 0.207. The van der Waals surface area contributed by atoms with Gasteiger partial charge in [0.2, 0.25) is 0 Å². The van der Waals surface area contributed by atoms with Crippen LogP contribution in [-0.2, 0) is 9.59 Å². The van der Waals surface area contributed by atoms with E-state index in [1.807, 2.05) is 0 Å². The maximum atomic E-state index is 9.61. The standard InChI is InChI=1S/2C4H3NO2.C4H6O2/c2*1-3(2-5)4(6)7;5-3-1-2-4-6/h2*1H2,(H,6,7);5-6H,3-4H2. The molecule has 106 valence electrons. The number of rotatable bonds is 2. The first-order chi connectivity index (χ1) is 9.28. The van der Waals surface area contributed by atoms with Gasteiger partial charge in [-0.25, -0.2) is 9.59 Å². The van der Waals surface area contributed by atoms with E-state index in [2.05, 4.69) is 25.0 Å². The van der Waals surface area contributed by atoms with E-state index in [1.165, 1.54) is 12.1 Å². The molecule has 0 unspecified atom stereocenters. The molecule has 0 atom stereocenters. The molecule has 0 fully saturated rings. The Morgan fingerprint density at radius 3 is 1.15 bits per heavy atom. The van der Waals surface area contributed by atoms with Crippen LogP contribution in [0.15, 0.2) is 24.3 Å². The minimum absolute atomic E-state index is 0.166. The van der Waals surface area contributed by atoms with Gasteiger partial charge in [-0.15, -0.1) is 0 Å². The zero-order valence-electron chi connectivity index (χ0n) is 10.3. The molecule has 0 spiro atoms. The lowest BCUT2D eigenvalue weighted by atomic mass is 10.4. The Morgan fingerprint density at radius 1 is 0.850 bits per heavy atom. The fraction of sp³-hybridized carbons (Fsp3) is 0.167. The highest BCUT2D eigenvalue weighted by molar-refractivity contribution is 5.90. The zero-order valence-corrected chi connectivity index (χ0v) is 10.3. The zero-order chi connectivity index (χ0) is 16.6. The number of nitrogens with zero attached hydrogens (tertiary/aromatic N) is 2. The topological polar surface area (TPSA) is 163 Å². The van der Waals surface area contributed by atoms with Gasteiger partial charge < -0.3 is 20.4 Å². The molecule has 0 bridgehead atoms. The number of aliphatic hydroxyl groups is 2. The molecule has 4 N–H and O–H groups in total. The normalized spacial score (nSPS) is 6.60. The minimum Gasteiger partial charge on any atom is -0.477 e. The van der Waals surface area contributed by atoms with E-state index in [0.717, 1.165) is 0 Å². The molecule has 8 heteroatoms. The van der Waals surface area contributed by atoms with Crippen molar-refractivity contribution in [2.75, 3.05) is 13.2 Å². The molecular formula is C12H12N2O6. The fourth-order valence-corrected chi connectivity index (χ4v) is 0.207. The van der Waals surface area contributed by atoms with E-state index in [9.17, 15) is 9.59 Å². The van der Waals surface area contributed by atoms with Gasteiger partial charge in [0.15, 0.2) is 0 Å². The lowest BCUT2D eigenvalue weighted by Gasteiger charge is -1.76. The van der Waals surface area contributed by atoms with Gasteiger partial charge in [-0.3, -0.25) is 0 Å². The number of carboxylic acid groups (broad SMARTS) is 2. The highest BCUT2D eigenvalue weighted by atomic mass is 16.4. The van der Waals surface area contributed by atoms with Gasteiger partial charge >= 0.3 is 11.9 Å². The quantitative estimate of drug-likeness (QED) is 0.292. The van der Waals surface area contributed by atoms with Gasteiger partial charge in [0, 0.05) is 0 Å². The number of carbonyl (C=O) groups is 2. The molecule has 0 aromatic rings. The second-order valence-corrected chi connectivity index (χ2v) is 2.46. The van der Waals surface area contributed by atoms with Gasteiger partial charge in [0.1, 0.15) is 36.5 Å². The second kappa shape index (κ2) is 15.9. The van der Waals surface area contributed by atoms with Crippen molar-refractivity contribution >= 4 is 11.9 Å². The predicted molar refractivity (Wildman–Crippen MR) is 66.7 cm³/mol. The van der Waals surface area contributed by atoms with Gasteiger partial charge in [-0.2, -0.15) is 10.5 Å². The minimum atomic E-state index is -1.26. The van der Waals surface area contributed by atoms with Crippen LogP contribution in [0.3, 0.4) is 0 Å². The van der Waals surface area contributed by atoms with Crippen molar-refractivity contribution in [1.29, 1.82) is 10.5 Å². The lowest BCUT2D eigenvalue weighted by Crippen LogP contribution is -1.94. The molecule has 0 aliphatic carbocycles. The number of nitriles is 2. The van der Waals surface area contributed by atoms with Crippen LogP contribution in [0.25, 0.3) is 0 Å². The van der Waals surface area contributed by atoms with Crippen molar-refractivity contribution in [3.8, 4) is 24.0 Å². The predicted octanol–water partition coefficient (Wildman–Crippen LogP) is -0.724. The molecule has 20 heavy (non-hydrogen) atoms. The maximum Gasteiger partial charge on any atom is 0.345 e. The SMILES string of the molecule is C=C(C#N)C(=O)O.C=C(C#N)C(=O)O.OCC#CCO. The van der Waals surface area contributed by atoms with E-state index < -0.39 is 23.1 Å². The third-order valence-corrected chi connectivity index (χ3v) is 1.07. The van der Waals surface area contributed by atoms with E-state index in [-0.39, 0.29) is 13.2 Å². The summed E-state index contributed by atoms with van der Waals surface area (Å²) in [5.74, 6) is 1.98. The summed E-state index contributed by atoms with van der Waals surface area (Å²) in [7, 11) is 0. The maximum absolute atomic E-state index is 9.61. The first kappa shape index (κ1) is 22.1. The molecule has 0 aliphatic heterocycles. The molecule has 8 nitrogen and oxygen atoms in total. The summed E-state index contributed by atoms with van der Waals surface area (Å²) in [5.41, 5.74) is -0.861. The molecule has 0 rings (SSSR count). The number of carboxylic acids is 2. The summed E-state index contributed by atoms with van der Waals surface area (Å²) in [4.78, 5) is 19.2. The smallest absolute Gasteiger partial charge is 0.345 e. The van der Waals surface area contributed by atoms with Crippen LogP contribution in [0.2, 0.25) is 0 Å². The van der Waals surface area contributed by atoms with Crippen molar-refractivity contribution in [3.63, 3.8) is 0 Å². The molecule has 0 aliphatic rings. The summed E-state index contributed by atoms with van der Waals surface area (Å²) in [5, 5.41) is 47.1.